The van der Waals surface area contributed by atoms with Crippen LogP contribution in [0.1, 0.15) is 23.4 Å². The summed E-state index contributed by atoms with van der Waals surface area (Å²) in [6.45, 7) is 5.85. The summed E-state index contributed by atoms with van der Waals surface area (Å²) in [5, 5.41) is 14.2. The van der Waals surface area contributed by atoms with Gasteiger partial charge in [-0.15, -0.1) is 23.1 Å². The Labute approximate surface area is 179 Å². The van der Waals surface area contributed by atoms with E-state index in [9.17, 15) is 9.59 Å². The van der Waals surface area contributed by atoms with Gasteiger partial charge in [0.2, 0.25) is 11.8 Å². The van der Waals surface area contributed by atoms with Crippen LogP contribution in [0.15, 0.2) is 0 Å². The number of carbonyl (C=O) groups excluding carboxylic acids is 2. The minimum atomic E-state index is -0.355. The number of aryl methyl sites for hydroxylation is 2. The van der Waals surface area contributed by atoms with Crippen LogP contribution in [0.2, 0.25) is 0 Å². The van der Waals surface area contributed by atoms with Crippen LogP contribution in [0, 0.1) is 25.2 Å². The number of rotatable bonds is 6. The quantitative estimate of drug-likeness (QED) is 0.495. The van der Waals surface area contributed by atoms with E-state index in [-0.39, 0.29) is 30.4 Å². The Bertz CT molecular complexity index is 766. The van der Waals surface area contributed by atoms with Crippen molar-refractivity contribution in [1.29, 1.82) is 5.26 Å². The SMILES string of the molecule is Cc1nc(NC(=O)CN2CCC(N(N)CC(=O)N3CSCC3C#N)CC2)sc1C. The molecule has 2 amide bonds. The Balaban J connectivity index is 1.41. The molecule has 1 unspecified atom stereocenters. The summed E-state index contributed by atoms with van der Waals surface area (Å²) in [5.41, 5.74) is 0.942. The fourth-order valence-electron chi connectivity index (χ4n) is 3.47. The van der Waals surface area contributed by atoms with Crippen molar-refractivity contribution in [3.63, 3.8) is 0 Å². The predicted octanol–water partition coefficient (Wildman–Crippen LogP) is 0.764. The van der Waals surface area contributed by atoms with Gasteiger partial charge in [-0.2, -0.15) is 5.26 Å². The Kier molecular flexibility index (Phi) is 7.48. The third-order valence-electron chi connectivity index (χ3n) is 5.34. The molecule has 2 saturated heterocycles. The molecule has 0 aromatic carbocycles. The molecule has 1 aromatic heterocycles. The number of carbonyl (C=O) groups is 2. The fraction of sp³-hybridized carbons (Fsp3) is 0.667. The molecule has 158 valence electrons. The number of piperidine rings is 1. The van der Waals surface area contributed by atoms with Crippen molar-refractivity contribution in [2.45, 2.75) is 38.8 Å². The number of nitrogens with one attached hydrogen (secondary N) is 1. The van der Waals surface area contributed by atoms with Gasteiger partial charge >= 0.3 is 0 Å². The second kappa shape index (κ2) is 9.86. The van der Waals surface area contributed by atoms with Gasteiger partial charge in [-0.05, 0) is 26.7 Å². The summed E-state index contributed by atoms with van der Waals surface area (Å²) in [6, 6.07) is 1.91. The van der Waals surface area contributed by atoms with E-state index in [1.54, 1.807) is 21.7 Å². The molecule has 3 heterocycles. The van der Waals surface area contributed by atoms with Crippen LogP contribution in [0.25, 0.3) is 0 Å². The first-order chi connectivity index (χ1) is 13.9. The number of hydrazine groups is 1. The topological polar surface area (TPSA) is 119 Å². The van der Waals surface area contributed by atoms with Gasteiger partial charge in [0, 0.05) is 29.8 Å². The van der Waals surface area contributed by atoms with Crippen molar-refractivity contribution in [1.82, 2.24) is 19.8 Å². The van der Waals surface area contributed by atoms with Crippen molar-refractivity contribution in [2.75, 3.05) is 43.1 Å². The lowest BCUT2D eigenvalue weighted by Gasteiger charge is -2.36. The maximum absolute atomic E-state index is 12.4. The third-order valence-corrected chi connectivity index (χ3v) is 7.34. The molecular formula is C18H27N7O2S2. The maximum Gasteiger partial charge on any atom is 0.240 e. The lowest BCUT2D eigenvalue weighted by molar-refractivity contribution is -0.132. The number of thioether (sulfide) groups is 1. The Morgan fingerprint density at radius 3 is 2.72 bits per heavy atom. The lowest BCUT2D eigenvalue weighted by atomic mass is 10.0. The number of anilines is 1. The highest BCUT2D eigenvalue weighted by atomic mass is 32.2. The minimum absolute atomic E-state index is 0.0638. The van der Waals surface area contributed by atoms with Gasteiger partial charge in [0.25, 0.3) is 0 Å². The number of hydrogen-bond donors (Lipinski definition) is 2. The zero-order valence-electron chi connectivity index (χ0n) is 16.8. The number of hydrogen-bond acceptors (Lipinski definition) is 9. The lowest BCUT2D eigenvalue weighted by Crippen LogP contribution is -2.53. The molecule has 0 saturated carbocycles. The molecule has 3 rings (SSSR count). The van der Waals surface area contributed by atoms with E-state index in [2.05, 4.69) is 21.3 Å². The molecule has 0 aliphatic carbocycles. The standard InChI is InChI=1S/C18H27N7O2S2/c1-12-13(2)29-18(21-12)22-16(26)8-23-5-3-14(4-6-23)25(20)9-17(27)24-11-28-10-15(24)7-19/h14-15H,3-6,8-11,20H2,1-2H3,(H,21,22,26). The number of thiazole rings is 1. The minimum Gasteiger partial charge on any atom is -0.315 e. The summed E-state index contributed by atoms with van der Waals surface area (Å²) in [6.07, 6.45) is 1.59. The van der Waals surface area contributed by atoms with Gasteiger partial charge in [0.05, 0.1) is 30.7 Å². The first-order valence-corrected chi connectivity index (χ1v) is 11.6. The van der Waals surface area contributed by atoms with E-state index < -0.39 is 0 Å². The zero-order valence-corrected chi connectivity index (χ0v) is 18.4. The Morgan fingerprint density at radius 2 is 2.10 bits per heavy atom. The number of nitrogens with two attached hydrogens (primary N) is 1. The van der Waals surface area contributed by atoms with Crippen LogP contribution in [0.3, 0.4) is 0 Å². The zero-order chi connectivity index (χ0) is 21.0. The molecule has 2 aliphatic heterocycles. The highest BCUT2D eigenvalue weighted by molar-refractivity contribution is 7.99. The second-order valence-electron chi connectivity index (χ2n) is 7.40. The second-order valence-corrected chi connectivity index (χ2v) is 9.60. The maximum atomic E-state index is 12.4. The van der Waals surface area contributed by atoms with Gasteiger partial charge in [-0.1, -0.05) is 0 Å². The van der Waals surface area contributed by atoms with E-state index in [4.69, 9.17) is 11.1 Å². The molecule has 29 heavy (non-hydrogen) atoms. The van der Waals surface area contributed by atoms with Gasteiger partial charge in [0.1, 0.15) is 6.04 Å². The highest BCUT2D eigenvalue weighted by Crippen LogP contribution is 2.22. The van der Waals surface area contributed by atoms with Crippen molar-refractivity contribution < 1.29 is 9.59 Å². The molecule has 11 heteroatoms. The van der Waals surface area contributed by atoms with Gasteiger partial charge in [-0.25, -0.2) is 9.99 Å². The van der Waals surface area contributed by atoms with E-state index in [1.165, 1.54) is 11.3 Å². The smallest absolute Gasteiger partial charge is 0.240 e. The molecule has 1 atom stereocenters. The molecule has 2 aliphatic rings. The number of amides is 2. The summed E-state index contributed by atoms with van der Waals surface area (Å²) in [5.74, 6) is 7.21. The molecule has 0 radical (unpaired) electrons. The first-order valence-electron chi connectivity index (χ1n) is 9.61. The van der Waals surface area contributed by atoms with Gasteiger partial charge in [0.15, 0.2) is 5.13 Å². The van der Waals surface area contributed by atoms with E-state index in [0.717, 1.165) is 36.5 Å². The number of nitriles is 1. The van der Waals surface area contributed by atoms with Crippen LogP contribution in [-0.2, 0) is 9.59 Å². The van der Waals surface area contributed by atoms with Crippen LogP contribution < -0.4 is 11.2 Å². The van der Waals surface area contributed by atoms with Crippen LogP contribution >= 0.6 is 23.1 Å². The monoisotopic (exact) mass is 437 g/mol. The van der Waals surface area contributed by atoms with E-state index >= 15 is 0 Å². The van der Waals surface area contributed by atoms with Gasteiger partial charge in [-0.3, -0.25) is 20.3 Å². The van der Waals surface area contributed by atoms with E-state index in [1.807, 2.05) is 13.8 Å². The van der Waals surface area contributed by atoms with Gasteiger partial charge < -0.3 is 10.2 Å². The summed E-state index contributed by atoms with van der Waals surface area (Å²) in [4.78, 5) is 33.9. The van der Waals surface area contributed by atoms with Crippen molar-refractivity contribution in [3.8, 4) is 6.07 Å². The largest absolute Gasteiger partial charge is 0.315 e. The van der Waals surface area contributed by atoms with Crippen LogP contribution in [-0.4, -0.2) is 81.5 Å². The summed E-state index contributed by atoms with van der Waals surface area (Å²) in [7, 11) is 0. The average molecular weight is 438 g/mol. The average Bonchev–Trinajstić information content (AvgIpc) is 3.28. The van der Waals surface area contributed by atoms with Crippen molar-refractivity contribution >= 4 is 40.0 Å². The number of aromatic nitrogens is 1. The van der Waals surface area contributed by atoms with Crippen molar-refractivity contribution in [2.24, 2.45) is 5.84 Å². The first kappa shape index (κ1) is 22.0. The molecular weight excluding hydrogens is 410 g/mol. The Hall–Kier alpha value is -1.71. The molecule has 9 nitrogen and oxygen atoms in total. The third kappa shape index (κ3) is 5.67. The molecule has 3 N–H and O–H groups in total. The van der Waals surface area contributed by atoms with Crippen LogP contribution in [0.5, 0.6) is 0 Å². The normalized spacial score (nSPS) is 20.8. The van der Waals surface area contributed by atoms with Crippen LogP contribution in [0.4, 0.5) is 5.13 Å². The molecule has 2 fully saturated rings. The fourth-order valence-corrected chi connectivity index (χ4v) is 5.40. The molecule has 1 aromatic rings. The summed E-state index contributed by atoms with van der Waals surface area (Å²) >= 11 is 3.07. The molecule has 0 spiro atoms. The number of likely N-dealkylation sites (tertiary alicyclic amines) is 1. The Morgan fingerprint density at radius 1 is 1.38 bits per heavy atom. The molecule has 0 bridgehead atoms. The highest BCUT2D eigenvalue weighted by Gasteiger charge is 2.31. The number of nitrogens with zero attached hydrogens (tertiary/aromatic N) is 5. The predicted molar refractivity (Wildman–Crippen MR) is 114 cm³/mol. The summed E-state index contributed by atoms with van der Waals surface area (Å²) < 4.78 is 0. The van der Waals surface area contributed by atoms with Crippen molar-refractivity contribution in [3.05, 3.63) is 10.6 Å². The van der Waals surface area contributed by atoms with E-state index in [0.29, 0.717) is 23.3 Å².